The molecule has 2 aromatic heterocycles. The summed E-state index contributed by atoms with van der Waals surface area (Å²) in [6.07, 6.45) is 1.18. The zero-order valence-corrected chi connectivity index (χ0v) is 20.4. The molecular weight excluding hydrogens is 521 g/mol. The molecule has 2 heterocycles. The second kappa shape index (κ2) is 11.2. The molecule has 36 heavy (non-hydrogen) atoms. The summed E-state index contributed by atoms with van der Waals surface area (Å²) in [5.74, 6) is -2.95. The van der Waals surface area contributed by atoms with Crippen molar-refractivity contribution in [3.63, 3.8) is 0 Å². The van der Waals surface area contributed by atoms with E-state index in [2.05, 4.69) is 14.7 Å². The number of hydrogen-bond acceptors (Lipinski definition) is 7. The van der Waals surface area contributed by atoms with Crippen molar-refractivity contribution in [2.45, 2.75) is 25.6 Å². The first kappa shape index (κ1) is 27.4. The minimum Gasteiger partial charge on any atom is -0.445 e. The van der Waals surface area contributed by atoms with Crippen molar-refractivity contribution in [3.8, 4) is 11.5 Å². The Kier molecular flexibility index (Phi) is 8.54. The van der Waals surface area contributed by atoms with Gasteiger partial charge in [-0.2, -0.15) is 13.2 Å². The standard InChI is InChI=1S/C23H22ClF3N4O4S/c1-2-17(23(25,26)27)18(28)8-5-11-36(33,34)31-19-12-14(24)13-30-20(19)21(32)15-6-3-4-7-16(15)22-29-9-10-35-22/h3-10,12-13,17-18,31H,2,11,28H2,1H3/b8-5-. The summed E-state index contributed by atoms with van der Waals surface area (Å²) in [5, 5.41) is 0.0544. The summed E-state index contributed by atoms with van der Waals surface area (Å²) in [6.45, 7) is 1.34. The van der Waals surface area contributed by atoms with Crippen molar-refractivity contribution in [1.29, 1.82) is 0 Å². The second-order valence-corrected chi connectivity index (χ2v) is 9.91. The maximum Gasteiger partial charge on any atom is 0.393 e. The number of carbonyl (C=O) groups is 1. The normalized spacial score (nSPS) is 14.1. The van der Waals surface area contributed by atoms with Gasteiger partial charge in [-0.25, -0.2) is 18.4 Å². The van der Waals surface area contributed by atoms with Gasteiger partial charge in [-0.15, -0.1) is 0 Å². The van der Waals surface area contributed by atoms with E-state index in [0.29, 0.717) is 5.56 Å². The topological polar surface area (TPSA) is 128 Å². The number of ketones is 1. The lowest BCUT2D eigenvalue weighted by molar-refractivity contribution is -0.177. The summed E-state index contributed by atoms with van der Waals surface area (Å²) in [4.78, 5) is 21.4. The number of aromatic nitrogens is 2. The summed E-state index contributed by atoms with van der Waals surface area (Å²) in [5.41, 5.74) is 5.67. The number of halogens is 4. The SMILES string of the molecule is CCC(C(N)/C=C\CS(=O)(=O)Nc1cc(Cl)cnc1C(=O)c1ccccc1-c1ncco1)C(F)(F)F. The zero-order valence-electron chi connectivity index (χ0n) is 18.9. The number of alkyl halides is 3. The average Bonchev–Trinajstić information content (AvgIpc) is 3.33. The summed E-state index contributed by atoms with van der Waals surface area (Å²) >= 11 is 5.98. The number of pyridine rings is 1. The predicted molar refractivity (Wildman–Crippen MR) is 129 cm³/mol. The van der Waals surface area contributed by atoms with Gasteiger partial charge in [0.25, 0.3) is 0 Å². The highest BCUT2D eigenvalue weighted by Crippen LogP contribution is 2.31. The molecule has 13 heteroatoms. The summed E-state index contributed by atoms with van der Waals surface area (Å²) in [6, 6.07) is 6.19. The van der Waals surface area contributed by atoms with Gasteiger partial charge in [0.1, 0.15) is 12.0 Å². The average molecular weight is 543 g/mol. The second-order valence-electron chi connectivity index (χ2n) is 7.71. The first-order valence-electron chi connectivity index (χ1n) is 10.6. The van der Waals surface area contributed by atoms with E-state index >= 15 is 0 Å². The Hall–Kier alpha value is -3.22. The van der Waals surface area contributed by atoms with Crippen molar-refractivity contribution in [3.05, 3.63) is 77.4 Å². The summed E-state index contributed by atoms with van der Waals surface area (Å²) < 4.78 is 71.9. The van der Waals surface area contributed by atoms with E-state index < -0.39 is 39.7 Å². The van der Waals surface area contributed by atoms with Crippen LogP contribution in [0.25, 0.3) is 11.5 Å². The molecule has 1 aromatic carbocycles. The summed E-state index contributed by atoms with van der Waals surface area (Å²) in [7, 11) is -4.16. The van der Waals surface area contributed by atoms with Crippen LogP contribution in [0.3, 0.4) is 0 Å². The number of anilines is 1. The Bertz CT molecular complexity index is 1350. The molecule has 0 saturated heterocycles. The number of hydrogen-bond donors (Lipinski definition) is 2. The van der Waals surface area contributed by atoms with Gasteiger partial charge in [-0.1, -0.05) is 48.9 Å². The first-order chi connectivity index (χ1) is 16.9. The number of carbonyl (C=O) groups excluding carboxylic acids is 1. The van der Waals surface area contributed by atoms with Crippen molar-refractivity contribution in [2.24, 2.45) is 11.7 Å². The van der Waals surface area contributed by atoms with Crippen LogP contribution < -0.4 is 10.5 Å². The molecule has 0 fully saturated rings. The van der Waals surface area contributed by atoms with E-state index in [1.807, 2.05) is 0 Å². The molecule has 8 nitrogen and oxygen atoms in total. The molecule has 192 valence electrons. The quantitative estimate of drug-likeness (QED) is 0.277. The Morgan fingerprint density at radius 2 is 2.00 bits per heavy atom. The molecule has 0 aliphatic rings. The molecule has 2 unspecified atom stereocenters. The van der Waals surface area contributed by atoms with E-state index in [4.69, 9.17) is 21.8 Å². The number of sulfonamides is 1. The van der Waals surface area contributed by atoms with Crippen LogP contribution in [-0.2, 0) is 10.0 Å². The third kappa shape index (κ3) is 6.71. The van der Waals surface area contributed by atoms with Gasteiger partial charge in [0.05, 0.1) is 28.6 Å². The zero-order chi connectivity index (χ0) is 26.5. The Morgan fingerprint density at radius 3 is 2.64 bits per heavy atom. The van der Waals surface area contributed by atoms with Crippen LogP contribution in [0.2, 0.25) is 5.02 Å². The lowest BCUT2D eigenvalue weighted by Crippen LogP contribution is -2.38. The molecule has 3 rings (SSSR count). The Balaban J connectivity index is 1.85. The van der Waals surface area contributed by atoms with Crippen LogP contribution in [-0.4, -0.2) is 42.1 Å². The van der Waals surface area contributed by atoms with Gasteiger partial charge in [-0.05, 0) is 18.6 Å². The van der Waals surface area contributed by atoms with Gasteiger partial charge in [0, 0.05) is 23.4 Å². The van der Waals surface area contributed by atoms with Gasteiger partial charge in [0.2, 0.25) is 21.7 Å². The molecule has 0 aliphatic carbocycles. The predicted octanol–water partition coefficient (Wildman–Crippen LogP) is 4.83. The highest BCUT2D eigenvalue weighted by atomic mass is 35.5. The lowest BCUT2D eigenvalue weighted by Gasteiger charge is -2.22. The van der Waals surface area contributed by atoms with Crippen molar-refractivity contribution in [2.75, 3.05) is 10.5 Å². The van der Waals surface area contributed by atoms with E-state index in [1.54, 1.807) is 18.2 Å². The van der Waals surface area contributed by atoms with Crippen LogP contribution in [0.1, 0.15) is 29.4 Å². The minimum atomic E-state index is -4.52. The van der Waals surface area contributed by atoms with Crippen molar-refractivity contribution < 1.29 is 30.8 Å². The fourth-order valence-corrected chi connectivity index (χ4v) is 4.55. The first-order valence-corrected chi connectivity index (χ1v) is 12.6. The lowest BCUT2D eigenvalue weighted by atomic mass is 9.97. The maximum absolute atomic E-state index is 13.3. The Morgan fingerprint density at radius 1 is 1.28 bits per heavy atom. The molecule has 0 aliphatic heterocycles. The number of nitrogens with zero attached hydrogens (tertiary/aromatic N) is 2. The van der Waals surface area contributed by atoms with Crippen molar-refractivity contribution in [1.82, 2.24) is 9.97 Å². The molecule has 0 radical (unpaired) electrons. The molecule has 0 spiro atoms. The fourth-order valence-electron chi connectivity index (χ4n) is 3.45. The largest absolute Gasteiger partial charge is 0.445 e. The molecular formula is C23H22ClF3N4O4S. The fraction of sp³-hybridized carbons (Fsp3) is 0.261. The van der Waals surface area contributed by atoms with Crippen LogP contribution in [0.15, 0.2) is 65.6 Å². The molecule has 2 atom stereocenters. The molecule has 0 saturated carbocycles. The highest BCUT2D eigenvalue weighted by molar-refractivity contribution is 7.92. The third-order valence-corrected chi connectivity index (χ3v) is 6.54. The number of oxazole rings is 1. The van der Waals surface area contributed by atoms with Gasteiger partial charge in [0.15, 0.2) is 0 Å². The molecule has 3 N–H and O–H groups in total. The van der Waals surface area contributed by atoms with Gasteiger partial charge >= 0.3 is 6.18 Å². The van der Waals surface area contributed by atoms with E-state index in [-0.39, 0.29) is 34.3 Å². The van der Waals surface area contributed by atoms with Crippen LogP contribution in [0.5, 0.6) is 0 Å². The number of nitrogens with two attached hydrogens (primary N) is 1. The molecule has 0 bridgehead atoms. The van der Waals surface area contributed by atoms with Gasteiger partial charge in [-0.3, -0.25) is 9.52 Å². The smallest absolute Gasteiger partial charge is 0.393 e. The third-order valence-electron chi connectivity index (χ3n) is 5.17. The number of rotatable bonds is 10. The van der Waals surface area contributed by atoms with E-state index in [1.165, 1.54) is 37.7 Å². The Labute approximate surface area is 210 Å². The van der Waals surface area contributed by atoms with Gasteiger partial charge < -0.3 is 10.2 Å². The highest BCUT2D eigenvalue weighted by Gasteiger charge is 2.41. The molecule has 0 amide bonds. The maximum atomic E-state index is 13.3. The van der Waals surface area contributed by atoms with Crippen LogP contribution in [0.4, 0.5) is 18.9 Å². The number of benzene rings is 1. The van der Waals surface area contributed by atoms with E-state index in [9.17, 15) is 26.4 Å². The van der Waals surface area contributed by atoms with Crippen LogP contribution >= 0.6 is 11.6 Å². The van der Waals surface area contributed by atoms with E-state index in [0.717, 1.165) is 12.2 Å². The number of nitrogens with one attached hydrogen (secondary N) is 1. The minimum absolute atomic E-state index is 0.0544. The van der Waals surface area contributed by atoms with Crippen LogP contribution in [0, 0.1) is 5.92 Å². The monoisotopic (exact) mass is 542 g/mol. The van der Waals surface area contributed by atoms with Crippen molar-refractivity contribution >= 4 is 33.1 Å². The molecule has 3 aromatic rings.